The van der Waals surface area contributed by atoms with Crippen molar-refractivity contribution in [1.29, 1.82) is 0 Å². The van der Waals surface area contributed by atoms with Gasteiger partial charge in [0.2, 0.25) is 5.91 Å². The minimum absolute atomic E-state index is 0.00609. The van der Waals surface area contributed by atoms with Crippen LogP contribution in [0.25, 0.3) is 0 Å². The van der Waals surface area contributed by atoms with Crippen LogP contribution < -0.4 is 9.47 Å². The lowest BCUT2D eigenvalue weighted by molar-refractivity contribution is -0.156. The molecule has 0 aliphatic carbocycles. The molecule has 1 aromatic carbocycles. The number of hydrogen-bond acceptors (Lipinski definition) is 7. The first-order valence-corrected chi connectivity index (χ1v) is 16.1. The molecule has 3 atom stereocenters. The van der Waals surface area contributed by atoms with Crippen LogP contribution in [-0.4, -0.2) is 81.0 Å². The van der Waals surface area contributed by atoms with Crippen molar-refractivity contribution in [3.63, 3.8) is 0 Å². The molecule has 0 radical (unpaired) electrons. The zero-order valence-electron chi connectivity index (χ0n) is 24.5. The number of hydrogen-bond donors (Lipinski definition) is 0. The second-order valence-electron chi connectivity index (χ2n) is 12.8. The Morgan fingerprint density at radius 1 is 1.05 bits per heavy atom. The zero-order chi connectivity index (χ0) is 28.6. The molecule has 0 unspecified atom stereocenters. The van der Waals surface area contributed by atoms with Crippen LogP contribution in [0.2, 0.25) is 18.1 Å². The Balaban J connectivity index is 1.81. The van der Waals surface area contributed by atoms with E-state index in [0.29, 0.717) is 18.0 Å². The summed E-state index contributed by atoms with van der Waals surface area (Å²) in [5.74, 6) is 0.862. The standard InChI is InChI=1S/C28H44N2O7Si/c1-27(2,3)37-26(33)30-16-19(13-20(31)17-36-38(9,10)28(4,5)6)23-24(30)25(32)29(23)15-18-11-12-21(34-7)14-22(18)35-8/h11-12,14,19,23-24H,13,15-17H2,1-10H3/t19-,23-,24+/m1/s1. The first kappa shape index (κ1) is 30.0. The molecule has 2 saturated heterocycles. The molecular weight excluding hydrogens is 504 g/mol. The van der Waals surface area contributed by atoms with Gasteiger partial charge in [0.15, 0.2) is 14.1 Å². The van der Waals surface area contributed by atoms with Crippen molar-refractivity contribution in [1.82, 2.24) is 9.80 Å². The van der Waals surface area contributed by atoms with Crippen LogP contribution in [0.4, 0.5) is 4.79 Å². The van der Waals surface area contributed by atoms with Gasteiger partial charge in [0, 0.05) is 37.1 Å². The smallest absolute Gasteiger partial charge is 0.411 e. The molecule has 0 spiro atoms. The summed E-state index contributed by atoms with van der Waals surface area (Å²) in [6.45, 7) is 16.6. The quantitative estimate of drug-likeness (QED) is 0.328. The van der Waals surface area contributed by atoms with Gasteiger partial charge in [-0.05, 0) is 51.0 Å². The van der Waals surface area contributed by atoms with Crippen molar-refractivity contribution in [2.45, 2.75) is 90.3 Å². The fraction of sp³-hybridized carbons (Fsp3) is 0.679. The first-order chi connectivity index (χ1) is 17.5. The monoisotopic (exact) mass is 548 g/mol. The third kappa shape index (κ3) is 6.34. The van der Waals surface area contributed by atoms with Gasteiger partial charge in [0.1, 0.15) is 23.1 Å². The van der Waals surface area contributed by atoms with E-state index >= 15 is 0 Å². The molecule has 9 nitrogen and oxygen atoms in total. The maximum absolute atomic E-state index is 13.4. The van der Waals surface area contributed by atoms with Gasteiger partial charge < -0.3 is 23.5 Å². The third-order valence-corrected chi connectivity index (χ3v) is 12.3. The van der Waals surface area contributed by atoms with Crippen molar-refractivity contribution in [2.75, 3.05) is 27.4 Å². The van der Waals surface area contributed by atoms with E-state index in [1.165, 1.54) is 4.90 Å². The zero-order valence-corrected chi connectivity index (χ0v) is 25.5. The summed E-state index contributed by atoms with van der Waals surface area (Å²) in [6.07, 6.45) is -0.312. The number of carbonyl (C=O) groups is 3. The molecule has 212 valence electrons. The van der Waals surface area contributed by atoms with Crippen LogP contribution in [0.1, 0.15) is 53.5 Å². The summed E-state index contributed by atoms with van der Waals surface area (Å²) in [7, 11) is 1.07. The number of Topliss-reactive ketones (excluding diaryl/α,β-unsaturated/α-hetero) is 1. The van der Waals surface area contributed by atoms with Crippen LogP contribution >= 0.6 is 0 Å². The molecule has 38 heavy (non-hydrogen) atoms. The molecule has 0 aromatic heterocycles. The maximum Gasteiger partial charge on any atom is 0.411 e. The van der Waals surface area contributed by atoms with Crippen LogP contribution in [0.5, 0.6) is 11.5 Å². The molecule has 0 saturated carbocycles. The van der Waals surface area contributed by atoms with Crippen molar-refractivity contribution >= 4 is 26.1 Å². The highest BCUT2D eigenvalue weighted by Crippen LogP contribution is 2.42. The van der Waals surface area contributed by atoms with Gasteiger partial charge in [0.25, 0.3) is 0 Å². The molecule has 2 amide bonds. The highest BCUT2D eigenvalue weighted by atomic mass is 28.4. The van der Waals surface area contributed by atoms with Gasteiger partial charge in [-0.25, -0.2) is 4.79 Å². The fourth-order valence-corrected chi connectivity index (χ4v) is 5.68. The van der Waals surface area contributed by atoms with Gasteiger partial charge >= 0.3 is 6.09 Å². The number of methoxy groups -OCH3 is 2. The summed E-state index contributed by atoms with van der Waals surface area (Å²) in [5.41, 5.74) is 0.127. The number of fused-ring (bicyclic) bond motifs is 1. The van der Waals surface area contributed by atoms with E-state index in [-0.39, 0.29) is 48.3 Å². The Morgan fingerprint density at radius 2 is 1.71 bits per heavy atom. The number of ether oxygens (including phenoxy) is 3. The number of carbonyl (C=O) groups excluding carboxylic acids is 3. The highest BCUT2D eigenvalue weighted by molar-refractivity contribution is 6.74. The van der Waals surface area contributed by atoms with E-state index in [2.05, 4.69) is 33.9 Å². The number of benzene rings is 1. The maximum atomic E-state index is 13.4. The summed E-state index contributed by atoms with van der Waals surface area (Å²) < 4.78 is 22.6. The Bertz CT molecular complexity index is 1060. The van der Waals surface area contributed by atoms with Crippen molar-refractivity contribution in [2.24, 2.45) is 5.92 Å². The van der Waals surface area contributed by atoms with Crippen LogP contribution in [-0.2, 0) is 25.3 Å². The third-order valence-electron chi connectivity index (χ3n) is 7.82. The summed E-state index contributed by atoms with van der Waals surface area (Å²) in [4.78, 5) is 42.7. The number of nitrogens with zero attached hydrogens (tertiary/aromatic N) is 2. The molecule has 3 rings (SSSR count). The minimum atomic E-state index is -2.09. The summed E-state index contributed by atoms with van der Waals surface area (Å²) >= 11 is 0. The average Bonchev–Trinajstić information content (AvgIpc) is 3.14. The molecular formula is C28H44N2O7Si. The average molecular weight is 549 g/mol. The van der Waals surface area contributed by atoms with Gasteiger partial charge in [-0.2, -0.15) is 0 Å². The molecule has 2 fully saturated rings. The molecule has 0 bridgehead atoms. The largest absolute Gasteiger partial charge is 0.497 e. The van der Waals surface area contributed by atoms with Crippen LogP contribution in [0.15, 0.2) is 18.2 Å². The van der Waals surface area contributed by atoms with E-state index in [4.69, 9.17) is 18.6 Å². The van der Waals surface area contributed by atoms with Gasteiger partial charge in [-0.15, -0.1) is 0 Å². The second kappa shape index (κ2) is 10.9. The highest BCUT2D eigenvalue weighted by Gasteiger charge is 2.61. The number of amides is 2. The molecule has 2 aliphatic heterocycles. The fourth-order valence-electron chi connectivity index (χ4n) is 4.73. The van der Waals surface area contributed by atoms with Crippen LogP contribution in [0.3, 0.4) is 0 Å². The molecule has 2 heterocycles. The lowest BCUT2D eigenvalue weighted by atomic mass is 9.85. The second-order valence-corrected chi connectivity index (χ2v) is 17.6. The SMILES string of the molecule is COc1ccc(CN2C(=O)[C@@H]3[C@H]2[C@H](CC(=O)CO[Si](C)(C)C(C)(C)C)CN3C(=O)OC(C)(C)C)c(OC)c1. The molecule has 2 aliphatic rings. The van der Waals surface area contributed by atoms with E-state index in [1.807, 2.05) is 12.1 Å². The van der Waals surface area contributed by atoms with Gasteiger partial charge in [-0.1, -0.05) is 20.8 Å². The molecule has 1 aromatic rings. The number of likely N-dealkylation sites (tertiary alicyclic amines) is 2. The normalized spacial score (nSPS) is 21.6. The van der Waals surface area contributed by atoms with E-state index in [1.54, 1.807) is 46.0 Å². The molecule has 10 heteroatoms. The Kier molecular flexibility index (Phi) is 8.58. The van der Waals surface area contributed by atoms with Crippen molar-refractivity contribution in [3.05, 3.63) is 23.8 Å². The lowest BCUT2D eigenvalue weighted by Crippen LogP contribution is -2.67. The minimum Gasteiger partial charge on any atom is -0.497 e. The number of β-lactam (4-membered cyclic amide) rings is 1. The number of rotatable bonds is 9. The Morgan fingerprint density at radius 3 is 2.26 bits per heavy atom. The predicted molar refractivity (Wildman–Crippen MR) is 147 cm³/mol. The first-order valence-electron chi connectivity index (χ1n) is 13.2. The topological polar surface area (TPSA) is 94.6 Å². The lowest BCUT2D eigenvalue weighted by Gasteiger charge is -2.47. The number of ketones is 1. The Hall–Kier alpha value is -2.59. The van der Waals surface area contributed by atoms with Crippen molar-refractivity contribution in [3.8, 4) is 11.5 Å². The van der Waals surface area contributed by atoms with E-state index in [9.17, 15) is 14.4 Å². The molecule has 0 N–H and O–H groups in total. The van der Waals surface area contributed by atoms with Crippen molar-refractivity contribution < 1.29 is 33.0 Å². The van der Waals surface area contributed by atoms with E-state index in [0.717, 1.165) is 5.56 Å². The predicted octanol–water partition coefficient (Wildman–Crippen LogP) is 4.63. The summed E-state index contributed by atoms with van der Waals surface area (Å²) in [6, 6.07) is 4.52. The van der Waals surface area contributed by atoms with Gasteiger partial charge in [-0.3, -0.25) is 14.5 Å². The van der Waals surface area contributed by atoms with Crippen LogP contribution in [0, 0.1) is 5.92 Å². The van der Waals surface area contributed by atoms with E-state index < -0.39 is 26.1 Å². The van der Waals surface area contributed by atoms with Gasteiger partial charge in [0.05, 0.1) is 26.9 Å². The summed E-state index contributed by atoms with van der Waals surface area (Å²) in [5, 5.41) is -0.00609. The Labute approximate surface area is 227 Å².